The third kappa shape index (κ3) is 3.39. The Morgan fingerprint density at radius 3 is 2.11 bits per heavy atom. The molecule has 3 fully saturated rings. The summed E-state index contributed by atoms with van der Waals surface area (Å²) in [6.07, 6.45) is -3.92. The van der Waals surface area contributed by atoms with E-state index in [4.69, 9.17) is 23.7 Å². The van der Waals surface area contributed by atoms with E-state index in [0.29, 0.717) is 0 Å². The van der Waals surface area contributed by atoms with Crippen molar-refractivity contribution in [2.75, 3.05) is 0 Å². The average Bonchev–Trinajstić information content (AvgIpc) is 3.05. The number of sulfone groups is 1. The fourth-order valence-electron chi connectivity index (χ4n) is 3.92. The number of hydrogen-bond acceptors (Lipinski definition) is 8. The Morgan fingerprint density at radius 2 is 1.46 bits per heavy atom. The van der Waals surface area contributed by atoms with Crippen molar-refractivity contribution in [1.82, 2.24) is 0 Å². The summed E-state index contributed by atoms with van der Waals surface area (Å²) in [5.41, 5.74) is -0.918. The molecule has 0 radical (unpaired) electrons. The molecule has 3 aliphatic rings. The van der Waals surface area contributed by atoms with Gasteiger partial charge >= 0.3 is 0 Å². The summed E-state index contributed by atoms with van der Waals surface area (Å²) in [7, 11) is -4.08. The normalized spacial score (nSPS) is 37.3. The lowest BCUT2D eigenvalue weighted by Gasteiger charge is -2.44. The van der Waals surface area contributed by atoms with Crippen molar-refractivity contribution in [3.63, 3.8) is 0 Å². The van der Waals surface area contributed by atoms with Gasteiger partial charge in [0.2, 0.25) is 9.84 Å². The first-order chi connectivity index (χ1) is 12.9. The van der Waals surface area contributed by atoms with Gasteiger partial charge in [0.15, 0.2) is 23.3 Å². The van der Waals surface area contributed by atoms with Crippen molar-refractivity contribution in [2.24, 2.45) is 0 Å². The third-order valence-corrected chi connectivity index (χ3v) is 6.97. The molecular weight excluding hydrogens is 388 g/mol. The van der Waals surface area contributed by atoms with E-state index in [1.165, 1.54) is 12.1 Å². The monoisotopic (exact) mass is 414 g/mol. The number of hydrogen-bond donors (Lipinski definition) is 1. The standard InChI is InChI=1S/C19H26O8S/c1-10-6-8-11(9-7-10)28(21,22)16(20)14-12-13(24-18(2,3)25-14)15-17(23-12)27-19(4,5)26-15/h6-9,12-17,20H,1-5H3/t12-,13-,14-,15+,16?,17+/m0/s1. The molecular formula is C19H26O8S. The molecule has 0 amide bonds. The molecule has 9 heteroatoms. The second-order valence-electron chi connectivity index (χ2n) is 8.38. The van der Waals surface area contributed by atoms with Gasteiger partial charge in [-0.3, -0.25) is 0 Å². The number of rotatable bonds is 3. The van der Waals surface area contributed by atoms with Crippen LogP contribution in [0.15, 0.2) is 29.2 Å². The fourth-order valence-corrected chi connectivity index (χ4v) is 5.28. The lowest BCUT2D eigenvalue weighted by Crippen LogP contribution is -2.60. The first kappa shape index (κ1) is 20.2. The second-order valence-corrected chi connectivity index (χ2v) is 10.4. The van der Waals surface area contributed by atoms with Crippen LogP contribution < -0.4 is 0 Å². The number of ether oxygens (including phenoxy) is 5. The topological polar surface area (TPSA) is 101 Å². The smallest absolute Gasteiger partial charge is 0.207 e. The summed E-state index contributed by atoms with van der Waals surface area (Å²) in [6, 6.07) is 6.29. The average molecular weight is 414 g/mol. The molecule has 0 aromatic heterocycles. The predicted octanol–water partition coefficient (Wildman–Crippen LogP) is 1.48. The largest absolute Gasteiger partial charge is 0.375 e. The van der Waals surface area contributed by atoms with Gasteiger partial charge in [-0.25, -0.2) is 8.42 Å². The fraction of sp³-hybridized carbons (Fsp3) is 0.684. The third-order valence-electron chi connectivity index (χ3n) is 5.14. The molecule has 8 nitrogen and oxygen atoms in total. The summed E-state index contributed by atoms with van der Waals surface area (Å²) >= 11 is 0. The van der Waals surface area contributed by atoms with E-state index >= 15 is 0 Å². The molecule has 3 heterocycles. The molecule has 4 rings (SSSR count). The molecule has 0 bridgehead atoms. The number of aryl methyl sites for hydroxylation is 1. The molecule has 1 unspecified atom stereocenters. The van der Waals surface area contributed by atoms with Crippen molar-refractivity contribution in [3.05, 3.63) is 29.8 Å². The quantitative estimate of drug-likeness (QED) is 0.794. The maximum absolute atomic E-state index is 13.0. The Labute approximate surface area is 164 Å². The van der Waals surface area contributed by atoms with Crippen molar-refractivity contribution in [3.8, 4) is 0 Å². The van der Waals surface area contributed by atoms with Crippen LogP contribution in [0.3, 0.4) is 0 Å². The summed E-state index contributed by atoms with van der Waals surface area (Å²) in [6.45, 7) is 8.71. The van der Waals surface area contributed by atoms with E-state index in [0.717, 1.165) is 5.56 Å². The summed E-state index contributed by atoms with van der Waals surface area (Å²) in [5, 5.41) is 10.8. The Hall–Kier alpha value is -1.07. The molecule has 156 valence electrons. The van der Waals surface area contributed by atoms with Crippen LogP contribution in [0.5, 0.6) is 0 Å². The van der Waals surface area contributed by atoms with Crippen molar-refractivity contribution in [2.45, 2.75) is 87.2 Å². The van der Waals surface area contributed by atoms with Gasteiger partial charge in [-0.15, -0.1) is 0 Å². The van der Waals surface area contributed by atoms with Crippen LogP contribution in [-0.2, 0) is 33.5 Å². The predicted molar refractivity (Wildman–Crippen MR) is 96.9 cm³/mol. The summed E-state index contributed by atoms with van der Waals surface area (Å²) < 4.78 is 55.3. The van der Waals surface area contributed by atoms with Gasteiger partial charge in [0, 0.05) is 0 Å². The molecule has 1 aromatic carbocycles. The van der Waals surface area contributed by atoms with Crippen LogP contribution in [0.25, 0.3) is 0 Å². The highest BCUT2D eigenvalue weighted by molar-refractivity contribution is 7.92. The van der Waals surface area contributed by atoms with Gasteiger partial charge in [0.25, 0.3) is 0 Å². The lowest BCUT2D eigenvalue weighted by molar-refractivity contribution is -0.349. The van der Waals surface area contributed by atoms with Crippen molar-refractivity contribution >= 4 is 9.84 Å². The van der Waals surface area contributed by atoms with E-state index in [-0.39, 0.29) is 4.90 Å². The van der Waals surface area contributed by atoms with Gasteiger partial charge in [-0.05, 0) is 46.8 Å². The first-order valence-corrected chi connectivity index (χ1v) is 10.8. The minimum Gasteiger partial charge on any atom is -0.375 e. The highest BCUT2D eigenvalue weighted by atomic mass is 32.2. The van der Waals surface area contributed by atoms with Crippen LogP contribution in [0.1, 0.15) is 33.3 Å². The minimum atomic E-state index is -4.08. The molecule has 0 saturated carbocycles. The van der Waals surface area contributed by atoms with Crippen molar-refractivity contribution in [1.29, 1.82) is 0 Å². The Bertz CT molecular complexity index is 847. The SMILES string of the molecule is Cc1ccc(S(=O)(=O)C(O)[C@H]2OC(C)(C)O[C@@H]3[C@H]4OC(C)(C)O[C@H]4O[C@@H]32)cc1. The lowest BCUT2D eigenvalue weighted by atomic mass is 10.0. The zero-order chi connectivity index (χ0) is 20.5. The van der Waals surface area contributed by atoms with E-state index in [1.807, 2.05) is 6.92 Å². The summed E-state index contributed by atoms with van der Waals surface area (Å²) in [5.74, 6) is -1.97. The molecule has 1 aromatic rings. The first-order valence-electron chi connectivity index (χ1n) is 9.25. The zero-order valence-corrected chi connectivity index (χ0v) is 17.3. The van der Waals surface area contributed by atoms with Gasteiger partial charge in [-0.1, -0.05) is 17.7 Å². The van der Waals surface area contributed by atoms with Gasteiger partial charge in [0.1, 0.15) is 24.4 Å². The molecule has 3 aliphatic heterocycles. The minimum absolute atomic E-state index is 0.0156. The number of aliphatic hydroxyl groups excluding tert-OH is 1. The number of benzene rings is 1. The van der Waals surface area contributed by atoms with E-state index < -0.39 is 57.6 Å². The van der Waals surface area contributed by atoms with Gasteiger partial charge in [-0.2, -0.15) is 0 Å². The second kappa shape index (κ2) is 6.46. The maximum Gasteiger partial charge on any atom is 0.207 e. The summed E-state index contributed by atoms with van der Waals surface area (Å²) in [4.78, 5) is 0.0156. The van der Waals surface area contributed by atoms with Crippen molar-refractivity contribution < 1.29 is 37.2 Å². The van der Waals surface area contributed by atoms with E-state index in [9.17, 15) is 13.5 Å². The van der Waals surface area contributed by atoms with Crippen LogP contribution >= 0.6 is 0 Å². The van der Waals surface area contributed by atoms with E-state index in [2.05, 4.69) is 0 Å². The molecule has 28 heavy (non-hydrogen) atoms. The van der Waals surface area contributed by atoms with Gasteiger partial charge < -0.3 is 28.8 Å². The molecule has 0 aliphatic carbocycles. The molecule has 6 atom stereocenters. The molecule has 3 saturated heterocycles. The number of fused-ring (bicyclic) bond motifs is 3. The highest BCUT2D eigenvalue weighted by Crippen LogP contribution is 2.45. The van der Waals surface area contributed by atoms with E-state index in [1.54, 1.807) is 39.8 Å². The van der Waals surface area contributed by atoms with Gasteiger partial charge in [0.05, 0.1) is 4.90 Å². The maximum atomic E-state index is 13.0. The Morgan fingerprint density at radius 1 is 0.893 bits per heavy atom. The zero-order valence-electron chi connectivity index (χ0n) is 16.5. The number of aliphatic hydroxyl groups is 1. The molecule has 0 spiro atoms. The van der Waals surface area contributed by atoms with Crippen LogP contribution in [-0.4, -0.2) is 61.2 Å². The van der Waals surface area contributed by atoms with Crippen LogP contribution in [0.4, 0.5) is 0 Å². The molecule has 1 N–H and O–H groups in total. The Balaban J connectivity index is 1.64. The highest BCUT2D eigenvalue weighted by Gasteiger charge is 2.63. The van der Waals surface area contributed by atoms with Crippen LogP contribution in [0.2, 0.25) is 0 Å². The van der Waals surface area contributed by atoms with Crippen LogP contribution in [0, 0.1) is 6.92 Å². The Kier molecular flexibility index (Phi) is 4.67.